The first kappa shape index (κ1) is 25.9. The number of aryl methyl sites for hydroxylation is 2. The quantitative estimate of drug-likeness (QED) is 0.256. The Hall–Kier alpha value is -5.37. The standard InChI is InChI=1S/C33H28N6O2/c1-3-22-18-19-27(26(20-22)30(40)24-14-8-5-9-15-24)34-33(41)36-31-32-38-37-21(2)39(32)28-17-11-10-16-25(28)29(35-31)23-12-6-4-7-13-23/h4-20,31H,3H2,1-2H3,(H2,34,36,41). The van der Waals surface area contributed by atoms with E-state index in [0.717, 1.165) is 34.5 Å². The molecule has 0 bridgehead atoms. The van der Waals surface area contributed by atoms with Gasteiger partial charge in [0.1, 0.15) is 5.82 Å². The number of anilines is 1. The van der Waals surface area contributed by atoms with E-state index in [1.54, 1.807) is 18.2 Å². The molecule has 1 aromatic heterocycles. The molecular formula is C33H28N6O2. The molecule has 2 amide bonds. The van der Waals surface area contributed by atoms with Crippen LogP contribution in [0, 0.1) is 6.92 Å². The maximum Gasteiger partial charge on any atom is 0.321 e. The third-order valence-corrected chi connectivity index (χ3v) is 7.09. The normalized spacial score (nSPS) is 13.8. The lowest BCUT2D eigenvalue weighted by Gasteiger charge is -2.17. The summed E-state index contributed by atoms with van der Waals surface area (Å²) in [6.45, 7) is 3.89. The summed E-state index contributed by atoms with van der Waals surface area (Å²) < 4.78 is 1.92. The highest BCUT2D eigenvalue weighted by Crippen LogP contribution is 2.30. The summed E-state index contributed by atoms with van der Waals surface area (Å²) in [6.07, 6.45) is -0.0853. The van der Waals surface area contributed by atoms with Crippen molar-refractivity contribution >= 4 is 23.2 Å². The van der Waals surface area contributed by atoms with Crippen LogP contribution < -0.4 is 10.6 Å². The van der Waals surface area contributed by atoms with Crippen LogP contribution in [0.25, 0.3) is 5.69 Å². The van der Waals surface area contributed by atoms with E-state index in [9.17, 15) is 9.59 Å². The van der Waals surface area contributed by atoms with Crippen LogP contribution in [0.1, 0.15) is 57.4 Å². The summed E-state index contributed by atoms with van der Waals surface area (Å²) >= 11 is 0. The van der Waals surface area contributed by atoms with Gasteiger partial charge in [-0.05, 0) is 37.1 Å². The second-order valence-corrected chi connectivity index (χ2v) is 9.73. The number of para-hydroxylation sites is 1. The lowest BCUT2D eigenvalue weighted by atomic mass is 9.98. The topological polar surface area (TPSA) is 101 Å². The Morgan fingerprint density at radius 2 is 1.56 bits per heavy atom. The van der Waals surface area contributed by atoms with Gasteiger partial charge in [0.15, 0.2) is 17.8 Å². The van der Waals surface area contributed by atoms with Gasteiger partial charge in [-0.15, -0.1) is 10.2 Å². The monoisotopic (exact) mass is 540 g/mol. The number of carbonyl (C=O) groups is 2. The van der Waals surface area contributed by atoms with Gasteiger partial charge in [-0.25, -0.2) is 4.79 Å². The summed E-state index contributed by atoms with van der Waals surface area (Å²) in [7, 11) is 0. The number of rotatable bonds is 6. The Bertz CT molecular complexity index is 1780. The molecule has 2 heterocycles. The number of nitrogens with one attached hydrogen (secondary N) is 2. The minimum atomic E-state index is -0.845. The van der Waals surface area contributed by atoms with Gasteiger partial charge in [-0.2, -0.15) is 0 Å². The highest BCUT2D eigenvalue weighted by molar-refractivity contribution is 6.16. The SMILES string of the molecule is CCc1ccc(NC(=O)NC2N=C(c3ccccc3)c3ccccc3-n3c(C)nnc32)c(C(=O)c2ccccc2)c1. The van der Waals surface area contributed by atoms with Crippen LogP contribution in [0.3, 0.4) is 0 Å². The fourth-order valence-corrected chi connectivity index (χ4v) is 5.04. The molecule has 0 radical (unpaired) electrons. The van der Waals surface area contributed by atoms with Crippen molar-refractivity contribution in [2.45, 2.75) is 26.4 Å². The molecule has 2 N–H and O–H groups in total. The largest absolute Gasteiger partial charge is 0.321 e. The maximum absolute atomic E-state index is 13.5. The Labute approximate surface area is 237 Å². The van der Waals surface area contributed by atoms with Crippen molar-refractivity contribution in [3.63, 3.8) is 0 Å². The molecule has 0 fully saturated rings. The average Bonchev–Trinajstić information content (AvgIpc) is 3.34. The van der Waals surface area contributed by atoms with Gasteiger partial charge in [-0.3, -0.25) is 14.4 Å². The number of fused-ring (bicyclic) bond motifs is 3. The Morgan fingerprint density at radius 3 is 2.32 bits per heavy atom. The van der Waals surface area contributed by atoms with Gasteiger partial charge in [0.05, 0.1) is 17.1 Å². The number of hydrogen-bond acceptors (Lipinski definition) is 5. The van der Waals surface area contributed by atoms with Gasteiger partial charge in [-0.1, -0.05) is 91.9 Å². The van der Waals surface area contributed by atoms with Crippen molar-refractivity contribution < 1.29 is 9.59 Å². The highest BCUT2D eigenvalue weighted by Gasteiger charge is 2.29. The molecule has 202 valence electrons. The summed E-state index contributed by atoms with van der Waals surface area (Å²) in [6, 6.07) is 31.8. The van der Waals surface area contributed by atoms with Crippen LogP contribution >= 0.6 is 0 Å². The van der Waals surface area contributed by atoms with E-state index in [4.69, 9.17) is 4.99 Å². The van der Waals surface area contributed by atoms with Gasteiger partial charge >= 0.3 is 6.03 Å². The first-order valence-corrected chi connectivity index (χ1v) is 13.5. The fraction of sp³-hybridized carbons (Fsp3) is 0.121. The predicted molar refractivity (Wildman–Crippen MR) is 159 cm³/mol. The molecule has 1 aliphatic heterocycles. The van der Waals surface area contributed by atoms with E-state index >= 15 is 0 Å². The molecule has 8 nitrogen and oxygen atoms in total. The molecule has 0 spiro atoms. The molecule has 6 rings (SSSR count). The number of nitrogens with zero attached hydrogens (tertiary/aromatic N) is 4. The number of urea groups is 1. The Morgan fingerprint density at radius 1 is 0.854 bits per heavy atom. The summed E-state index contributed by atoms with van der Waals surface area (Å²) in [5.74, 6) is 0.994. The number of aliphatic imine (C=N–C) groups is 1. The lowest BCUT2D eigenvalue weighted by molar-refractivity contribution is 0.103. The molecule has 5 aromatic rings. The minimum Gasteiger partial charge on any atom is -0.309 e. The molecule has 1 atom stereocenters. The van der Waals surface area contributed by atoms with Crippen molar-refractivity contribution in [1.82, 2.24) is 20.1 Å². The van der Waals surface area contributed by atoms with Crippen molar-refractivity contribution in [3.05, 3.63) is 143 Å². The summed E-state index contributed by atoms with van der Waals surface area (Å²) in [5.41, 5.74) is 5.80. The number of aromatic nitrogens is 3. The number of hydrogen-bond donors (Lipinski definition) is 2. The van der Waals surface area contributed by atoms with Crippen LogP contribution in [0.2, 0.25) is 0 Å². The van der Waals surface area contributed by atoms with Crippen LogP contribution in [0.4, 0.5) is 10.5 Å². The molecule has 0 saturated heterocycles. The summed E-state index contributed by atoms with van der Waals surface area (Å²) in [5, 5.41) is 14.6. The van der Waals surface area contributed by atoms with Crippen molar-refractivity contribution in [2.24, 2.45) is 4.99 Å². The molecule has 1 unspecified atom stereocenters. The van der Waals surface area contributed by atoms with Gasteiger partial charge in [0.25, 0.3) is 0 Å². The van der Waals surface area contributed by atoms with Crippen molar-refractivity contribution in [3.8, 4) is 5.69 Å². The van der Waals surface area contributed by atoms with E-state index < -0.39 is 12.2 Å². The summed E-state index contributed by atoms with van der Waals surface area (Å²) in [4.78, 5) is 32.0. The number of carbonyl (C=O) groups excluding carboxylic acids is 2. The van der Waals surface area contributed by atoms with Gasteiger partial charge < -0.3 is 10.6 Å². The molecule has 8 heteroatoms. The third-order valence-electron chi connectivity index (χ3n) is 7.09. The van der Waals surface area contributed by atoms with Crippen LogP contribution in [-0.4, -0.2) is 32.3 Å². The smallest absolute Gasteiger partial charge is 0.309 e. The predicted octanol–water partition coefficient (Wildman–Crippen LogP) is 6.04. The zero-order valence-corrected chi connectivity index (χ0v) is 22.7. The van der Waals surface area contributed by atoms with Crippen molar-refractivity contribution in [2.75, 3.05) is 5.32 Å². The zero-order chi connectivity index (χ0) is 28.3. The number of ketones is 1. The molecule has 4 aromatic carbocycles. The average molecular weight is 541 g/mol. The van der Waals surface area contributed by atoms with E-state index in [0.29, 0.717) is 28.5 Å². The van der Waals surface area contributed by atoms with Gasteiger partial charge in [0, 0.05) is 22.3 Å². The molecule has 0 aliphatic carbocycles. The molecule has 1 aliphatic rings. The Balaban J connectivity index is 1.37. The van der Waals surface area contributed by atoms with E-state index in [1.165, 1.54) is 0 Å². The van der Waals surface area contributed by atoms with E-state index in [2.05, 4.69) is 20.8 Å². The second-order valence-electron chi connectivity index (χ2n) is 9.73. The first-order valence-electron chi connectivity index (χ1n) is 13.5. The molecule has 41 heavy (non-hydrogen) atoms. The van der Waals surface area contributed by atoms with E-state index in [1.807, 2.05) is 103 Å². The molecule has 0 saturated carbocycles. The lowest BCUT2D eigenvalue weighted by Crippen LogP contribution is -2.33. The van der Waals surface area contributed by atoms with Crippen molar-refractivity contribution in [1.29, 1.82) is 0 Å². The zero-order valence-electron chi connectivity index (χ0n) is 22.7. The minimum absolute atomic E-state index is 0.166. The van der Waals surface area contributed by atoms with Gasteiger partial charge in [0.2, 0.25) is 0 Å². The number of amides is 2. The fourth-order valence-electron chi connectivity index (χ4n) is 5.04. The first-order chi connectivity index (χ1) is 20.0. The maximum atomic E-state index is 13.5. The third kappa shape index (κ3) is 5.03. The van der Waals surface area contributed by atoms with E-state index in [-0.39, 0.29) is 5.78 Å². The second kappa shape index (κ2) is 11.0. The van der Waals surface area contributed by atoms with Crippen LogP contribution in [0.5, 0.6) is 0 Å². The molecular weight excluding hydrogens is 512 g/mol. The van der Waals surface area contributed by atoms with Crippen LogP contribution in [-0.2, 0) is 6.42 Å². The van der Waals surface area contributed by atoms with Crippen LogP contribution in [0.15, 0.2) is 108 Å². The Kier molecular flexibility index (Phi) is 6.95. The number of benzene rings is 4. The highest BCUT2D eigenvalue weighted by atomic mass is 16.2.